The first kappa shape index (κ1) is 16.0. The van der Waals surface area contributed by atoms with Crippen molar-refractivity contribution in [3.8, 4) is 5.75 Å². The van der Waals surface area contributed by atoms with Crippen molar-refractivity contribution in [3.63, 3.8) is 0 Å². The van der Waals surface area contributed by atoms with Gasteiger partial charge in [0.15, 0.2) is 0 Å². The molecule has 1 atom stereocenters. The summed E-state index contributed by atoms with van der Waals surface area (Å²) < 4.78 is 5.79. The predicted octanol–water partition coefficient (Wildman–Crippen LogP) is 2.65. The van der Waals surface area contributed by atoms with Crippen LogP contribution in [0, 0.1) is 6.92 Å². The first-order chi connectivity index (χ1) is 10.6. The maximum absolute atomic E-state index is 12.1. The summed E-state index contributed by atoms with van der Waals surface area (Å²) >= 11 is 0. The van der Waals surface area contributed by atoms with Crippen molar-refractivity contribution in [1.82, 2.24) is 5.32 Å². The molecule has 1 amide bonds. The summed E-state index contributed by atoms with van der Waals surface area (Å²) in [5.41, 5.74) is 8.32. The largest absolute Gasteiger partial charge is 0.489 e. The standard InChI is InChI=1S/C18H22N2O2/c1-13-4-3-5-17(10-13)22-14(2)12-20-18(21)16-8-6-15(11-19)7-9-16/h3-10,14H,11-12,19H2,1-2H3,(H,20,21). The molecule has 2 aromatic carbocycles. The summed E-state index contributed by atoms with van der Waals surface area (Å²) in [7, 11) is 0. The first-order valence-corrected chi connectivity index (χ1v) is 7.39. The zero-order chi connectivity index (χ0) is 15.9. The van der Waals surface area contributed by atoms with Crippen LogP contribution in [-0.2, 0) is 6.54 Å². The van der Waals surface area contributed by atoms with Crippen molar-refractivity contribution in [2.75, 3.05) is 6.54 Å². The van der Waals surface area contributed by atoms with E-state index >= 15 is 0 Å². The highest BCUT2D eigenvalue weighted by atomic mass is 16.5. The molecule has 0 aliphatic heterocycles. The van der Waals surface area contributed by atoms with Crippen molar-refractivity contribution in [2.45, 2.75) is 26.5 Å². The number of amides is 1. The number of carbonyl (C=O) groups excluding carboxylic acids is 1. The smallest absolute Gasteiger partial charge is 0.251 e. The van der Waals surface area contributed by atoms with Gasteiger partial charge in [0.1, 0.15) is 11.9 Å². The summed E-state index contributed by atoms with van der Waals surface area (Å²) in [4.78, 5) is 12.1. The zero-order valence-corrected chi connectivity index (χ0v) is 13.0. The van der Waals surface area contributed by atoms with E-state index in [2.05, 4.69) is 5.32 Å². The maximum Gasteiger partial charge on any atom is 0.251 e. The molecule has 0 saturated heterocycles. The highest BCUT2D eigenvalue weighted by Crippen LogP contribution is 2.14. The third-order valence-corrected chi connectivity index (χ3v) is 3.33. The van der Waals surface area contributed by atoms with Gasteiger partial charge in [-0.05, 0) is 49.2 Å². The van der Waals surface area contributed by atoms with Crippen LogP contribution in [0.15, 0.2) is 48.5 Å². The first-order valence-electron chi connectivity index (χ1n) is 7.39. The van der Waals surface area contributed by atoms with Gasteiger partial charge < -0.3 is 15.8 Å². The molecule has 0 heterocycles. The van der Waals surface area contributed by atoms with E-state index in [1.807, 2.05) is 50.2 Å². The molecular formula is C18H22N2O2. The van der Waals surface area contributed by atoms with E-state index in [-0.39, 0.29) is 12.0 Å². The van der Waals surface area contributed by atoms with Crippen molar-refractivity contribution in [1.29, 1.82) is 0 Å². The minimum absolute atomic E-state index is 0.103. The molecule has 3 N–H and O–H groups in total. The van der Waals surface area contributed by atoms with E-state index in [9.17, 15) is 4.79 Å². The Hall–Kier alpha value is -2.33. The lowest BCUT2D eigenvalue weighted by molar-refractivity contribution is 0.0932. The van der Waals surface area contributed by atoms with Crippen LogP contribution < -0.4 is 15.8 Å². The van der Waals surface area contributed by atoms with Gasteiger partial charge in [-0.3, -0.25) is 4.79 Å². The number of carbonyl (C=O) groups is 1. The molecule has 0 spiro atoms. The molecule has 1 unspecified atom stereocenters. The zero-order valence-electron chi connectivity index (χ0n) is 13.0. The second-order valence-corrected chi connectivity index (χ2v) is 5.36. The fourth-order valence-electron chi connectivity index (χ4n) is 2.09. The Balaban J connectivity index is 1.84. The molecule has 0 bridgehead atoms. The molecule has 22 heavy (non-hydrogen) atoms. The molecule has 0 aromatic heterocycles. The lowest BCUT2D eigenvalue weighted by Gasteiger charge is -2.16. The molecular weight excluding hydrogens is 276 g/mol. The van der Waals surface area contributed by atoms with Crippen LogP contribution in [0.1, 0.15) is 28.4 Å². The normalized spacial score (nSPS) is 11.8. The molecule has 0 aliphatic rings. The summed E-state index contributed by atoms with van der Waals surface area (Å²) in [5.74, 6) is 0.706. The van der Waals surface area contributed by atoms with Crippen molar-refractivity contribution in [2.24, 2.45) is 5.73 Å². The Morgan fingerprint density at radius 1 is 1.23 bits per heavy atom. The van der Waals surface area contributed by atoms with Gasteiger partial charge in [0, 0.05) is 12.1 Å². The Morgan fingerprint density at radius 3 is 2.59 bits per heavy atom. The number of nitrogens with one attached hydrogen (secondary N) is 1. The SMILES string of the molecule is Cc1cccc(OC(C)CNC(=O)c2ccc(CN)cc2)c1. The third kappa shape index (κ3) is 4.60. The highest BCUT2D eigenvalue weighted by molar-refractivity contribution is 5.94. The van der Waals surface area contributed by atoms with Crippen LogP contribution in [0.25, 0.3) is 0 Å². The Morgan fingerprint density at radius 2 is 1.95 bits per heavy atom. The topological polar surface area (TPSA) is 64.3 Å². The highest BCUT2D eigenvalue weighted by Gasteiger charge is 2.09. The van der Waals surface area contributed by atoms with E-state index in [0.29, 0.717) is 18.7 Å². The number of hydrogen-bond donors (Lipinski definition) is 2. The van der Waals surface area contributed by atoms with E-state index in [4.69, 9.17) is 10.5 Å². The number of nitrogens with two attached hydrogens (primary N) is 1. The van der Waals surface area contributed by atoms with Crippen molar-refractivity contribution < 1.29 is 9.53 Å². The average Bonchev–Trinajstić information content (AvgIpc) is 2.52. The van der Waals surface area contributed by atoms with Crippen LogP contribution in [-0.4, -0.2) is 18.6 Å². The molecule has 2 rings (SSSR count). The molecule has 116 valence electrons. The van der Waals surface area contributed by atoms with Gasteiger partial charge in [-0.2, -0.15) is 0 Å². The lowest BCUT2D eigenvalue weighted by Crippen LogP contribution is -2.33. The van der Waals surface area contributed by atoms with Crippen LogP contribution in [0.4, 0.5) is 0 Å². The molecule has 4 heteroatoms. The minimum atomic E-state index is -0.108. The van der Waals surface area contributed by atoms with E-state index < -0.39 is 0 Å². The summed E-state index contributed by atoms with van der Waals surface area (Å²) in [6.07, 6.45) is -0.103. The molecule has 2 aromatic rings. The maximum atomic E-state index is 12.1. The molecule has 4 nitrogen and oxygen atoms in total. The quantitative estimate of drug-likeness (QED) is 0.861. The van der Waals surface area contributed by atoms with Crippen LogP contribution in [0.2, 0.25) is 0 Å². The van der Waals surface area contributed by atoms with E-state index in [1.165, 1.54) is 0 Å². The van der Waals surface area contributed by atoms with Gasteiger partial charge in [0.05, 0.1) is 6.54 Å². The summed E-state index contributed by atoms with van der Waals surface area (Å²) in [5, 5.41) is 2.88. The van der Waals surface area contributed by atoms with E-state index in [1.54, 1.807) is 12.1 Å². The van der Waals surface area contributed by atoms with Gasteiger partial charge in [-0.15, -0.1) is 0 Å². The number of rotatable bonds is 6. The monoisotopic (exact) mass is 298 g/mol. The predicted molar refractivity (Wildman–Crippen MR) is 87.9 cm³/mol. The molecule has 0 radical (unpaired) electrons. The fourth-order valence-corrected chi connectivity index (χ4v) is 2.09. The van der Waals surface area contributed by atoms with Crippen LogP contribution in [0.5, 0.6) is 5.75 Å². The lowest BCUT2D eigenvalue weighted by atomic mass is 10.1. The van der Waals surface area contributed by atoms with Crippen LogP contribution >= 0.6 is 0 Å². The molecule has 0 fully saturated rings. The second kappa shape index (κ2) is 7.61. The Labute approximate surface area is 131 Å². The summed E-state index contributed by atoms with van der Waals surface area (Å²) in [6, 6.07) is 15.1. The van der Waals surface area contributed by atoms with Gasteiger partial charge in [0.25, 0.3) is 5.91 Å². The second-order valence-electron chi connectivity index (χ2n) is 5.36. The number of benzene rings is 2. The molecule has 0 aliphatic carbocycles. The van der Waals surface area contributed by atoms with Crippen molar-refractivity contribution >= 4 is 5.91 Å². The number of aryl methyl sites for hydroxylation is 1. The molecule has 0 saturated carbocycles. The Kier molecular flexibility index (Phi) is 5.55. The van der Waals surface area contributed by atoms with Gasteiger partial charge in [-0.25, -0.2) is 0 Å². The number of ether oxygens (including phenoxy) is 1. The Bertz CT molecular complexity index is 623. The third-order valence-electron chi connectivity index (χ3n) is 3.33. The van der Waals surface area contributed by atoms with Gasteiger partial charge in [0.2, 0.25) is 0 Å². The minimum Gasteiger partial charge on any atom is -0.489 e. The fraction of sp³-hybridized carbons (Fsp3) is 0.278. The van der Waals surface area contributed by atoms with Gasteiger partial charge in [-0.1, -0.05) is 24.3 Å². The average molecular weight is 298 g/mol. The van der Waals surface area contributed by atoms with Crippen LogP contribution in [0.3, 0.4) is 0 Å². The van der Waals surface area contributed by atoms with Gasteiger partial charge >= 0.3 is 0 Å². The van der Waals surface area contributed by atoms with E-state index in [0.717, 1.165) is 16.9 Å². The summed E-state index contributed by atoms with van der Waals surface area (Å²) in [6.45, 7) is 4.87. The van der Waals surface area contributed by atoms with Crippen molar-refractivity contribution in [3.05, 3.63) is 65.2 Å². The number of hydrogen-bond acceptors (Lipinski definition) is 3.